The minimum atomic E-state index is -2.23. The quantitative estimate of drug-likeness (QED) is 0.653. The molecule has 31 heavy (non-hydrogen) atoms. The summed E-state index contributed by atoms with van der Waals surface area (Å²) >= 11 is 0. The standard InChI is InChI=1S/C26H36F2N2O/c27-23(28)11-10-22-17-12-25(19-4-2-1-3-5-19)13-18(22)15-26(14-17,16-25)24(31)30-21-8-6-20(29)7-9-21/h1-5,17-18,20-23H,6-16,29H2,(H,30,31). The number of carbonyl (C=O) groups excluding carboxylic acids is 1. The molecule has 5 saturated carbocycles. The third-order valence-electron chi connectivity index (χ3n) is 9.19. The Morgan fingerprint density at radius 2 is 1.68 bits per heavy atom. The highest BCUT2D eigenvalue weighted by Gasteiger charge is 2.63. The van der Waals surface area contributed by atoms with Crippen molar-refractivity contribution in [2.45, 2.75) is 94.6 Å². The lowest BCUT2D eigenvalue weighted by atomic mass is 9.39. The average molecular weight is 431 g/mol. The molecule has 2 atom stereocenters. The van der Waals surface area contributed by atoms with Gasteiger partial charge in [0.2, 0.25) is 12.3 Å². The summed E-state index contributed by atoms with van der Waals surface area (Å²) in [6, 6.07) is 11.2. The summed E-state index contributed by atoms with van der Waals surface area (Å²) in [4.78, 5) is 13.7. The Labute approximate surface area is 184 Å². The molecule has 0 aliphatic heterocycles. The molecule has 5 fully saturated rings. The molecule has 4 bridgehead atoms. The smallest absolute Gasteiger partial charge is 0.238 e. The molecule has 1 aromatic rings. The molecule has 0 heterocycles. The highest BCUT2D eigenvalue weighted by molar-refractivity contribution is 5.84. The lowest BCUT2D eigenvalue weighted by molar-refractivity contribution is -0.159. The van der Waals surface area contributed by atoms with Crippen molar-refractivity contribution in [2.75, 3.05) is 0 Å². The van der Waals surface area contributed by atoms with E-state index in [0.717, 1.165) is 57.8 Å². The van der Waals surface area contributed by atoms with Gasteiger partial charge >= 0.3 is 0 Å². The number of hydrogen-bond donors (Lipinski definition) is 2. The molecule has 0 saturated heterocycles. The minimum Gasteiger partial charge on any atom is -0.353 e. The summed E-state index contributed by atoms with van der Waals surface area (Å²) in [6.07, 6.45) is 7.05. The molecule has 6 rings (SSSR count). The van der Waals surface area contributed by atoms with Gasteiger partial charge in [-0.3, -0.25) is 4.79 Å². The first-order valence-corrected chi connectivity index (χ1v) is 12.3. The highest BCUT2D eigenvalue weighted by Crippen LogP contribution is 2.68. The van der Waals surface area contributed by atoms with Crippen LogP contribution >= 0.6 is 0 Å². The van der Waals surface area contributed by atoms with E-state index in [2.05, 4.69) is 29.6 Å². The predicted octanol–water partition coefficient (Wildman–Crippen LogP) is 5.18. The molecule has 3 nitrogen and oxygen atoms in total. The van der Waals surface area contributed by atoms with Crippen molar-refractivity contribution >= 4 is 5.91 Å². The van der Waals surface area contributed by atoms with Crippen LogP contribution in [0.1, 0.15) is 76.2 Å². The van der Waals surface area contributed by atoms with Crippen molar-refractivity contribution in [2.24, 2.45) is 28.9 Å². The number of halogens is 2. The number of benzene rings is 1. The van der Waals surface area contributed by atoms with Gasteiger partial charge in [-0.2, -0.15) is 0 Å². The van der Waals surface area contributed by atoms with E-state index in [1.54, 1.807) is 0 Å². The van der Waals surface area contributed by atoms with Crippen molar-refractivity contribution in [3.05, 3.63) is 35.9 Å². The molecular weight excluding hydrogens is 394 g/mol. The van der Waals surface area contributed by atoms with Crippen LogP contribution in [-0.2, 0) is 10.2 Å². The van der Waals surface area contributed by atoms with Crippen molar-refractivity contribution < 1.29 is 13.6 Å². The maximum absolute atomic E-state index is 13.7. The van der Waals surface area contributed by atoms with Crippen LogP contribution in [0.5, 0.6) is 0 Å². The fourth-order valence-corrected chi connectivity index (χ4v) is 8.03. The zero-order valence-corrected chi connectivity index (χ0v) is 18.4. The molecule has 1 aromatic carbocycles. The SMILES string of the molecule is NC1CCC(NC(=O)C23CC4CC(c5ccccc5)(CC(C2)C4CCC(F)F)C3)CC1. The van der Waals surface area contributed by atoms with E-state index in [9.17, 15) is 13.6 Å². The summed E-state index contributed by atoms with van der Waals surface area (Å²) in [7, 11) is 0. The van der Waals surface area contributed by atoms with Gasteiger partial charge < -0.3 is 11.1 Å². The van der Waals surface area contributed by atoms with Gasteiger partial charge in [-0.25, -0.2) is 8.78 Å². The lowest BCUT2D eigenvalue weighted by Gasteiger charge is -2.64. The van der Waals surface area contributed by atoms with E-state index < -0.39 is 6.43 Å². The molecule has 5 aliphatic carbocycles. The fraction of sp³-hybridized carbons (Fsp3) is 0.731. The number of amides is 1. The molecule has 5 aliphatic rings. The predicted molar refractivity (Wildman–Crippen MR) is 118 cm³/mol. The molecule has 2 unspecified atom stereocenters. The van der Waals surface area contributed by atoms with E-state index in [0.29, 0.717) is 24.2 Å². The second-order valence-electron chi connectivity index (χ2n) is 11.2. The number of carbonyl (C=O) groups is 1. The Morgan fingerprint density at radius 3 is 2.29 bits per heavy atom. The van der Waals surface area contributed by atoms with Crippen molar-refractivity contribution in [3.63, 3.8) is 0 Å². The van der Waals surface area contributed by atoms with Gasteiger partial charge in [0.15, 0.2) is 0 Å². The molecular formula is C26H36F2N2O. The van der Waals surface area contributed by atoms with Crippen LogP contribution in [0, 0.1) is 23.2 Å². The van der Waals surface area contributed by atoms with Crippen LogP contribution in [0.15, 0.2) is 30.3 Å². The number of hydrogen-bond acceptors (Lipinski definition) is 2. The first kappa shape index (κ1) is 21.4. The first-order chi connectivity index (χ1) is 14.9. The maximum Gasteiger partial charge on any atom is 0.238 e. The highest BCUT2D eigenvalue weighted by atomic mass is 19.3. The normalized spacial score (nSPS) is 41.5. The molecule has 170 valence electrons. The summed E-state index contributed by atoms with van der Waals surface area (Å²) < 4.78 is 26.0. The van der Waals surface area contributed by atoms with E-state index in [-0.39, 0.29) is 35.2 Å². The van der Waals surface area contributed by atoms with E-state index in [1.807, 2.05) is 6.07 Å². The number of nitrogens with two attached hydrogens (primary N) is 1. The van der Waals surface area contributed by atoms with Gasteiger partial charge in [-0.15, -0.1) is 0 Å². The zero-order chi connectivity index (χ0) is 21.6. The van der Waals surface area contributed by atoms with Gasteiger partial charge in [0.1, 0.15) is 0 Å². The van der Waals surface area contributed by atoms with Crippen LogP contribution in [0.25, 0.3) is 0 Å². The van der Waals surface area contributed by atoms with Crippen LogP contribution in [0.2, 0.25) is 0 Å². The average Bonchev–Trinajstić information content (AvgIpc) is 2.75. The Bertz CT molecular complexity index is 774. The molecule has 0 aromatic heterocycles. The number of rotatable bonds is 6. The van der Waals surface area contributed by atoms with Gasteiger partial charge in [0, 0.05) is 18.5 Å². The Morgan fingerprint density at radius 1 is 1.03 bits per heavy atom. The summed E-state index contributed by atoms with van der Waals surface area (Å²) in [6.45, 7) is 0. The minimum absolute atomic E-state index is 0.00245. The van der Waals surface area contributed by atoms with Gasteiger partial charge in [0.05, 0.1) is 5.41 Å². The maximum atomic E-state index is 13.7. The summed E-state index contributed by atoms with van der Waals surface area (Å²) in [5.41, 5.74) is 7.10. The third kappa shape index (κ3) is 3.92. The van der Waals surface area contributed by atoms with Crippen LogP contribution < -0.4 is 11.1 Å². The number of alkyl halides is 2. The topological polar surface area (TPSA) is 55.1 Å². The molecule has 0 radical (unpaired) electrons. The molecule has 1 amide bonds. The summed E-state index contributed by atoms with van der Waals surface area (Å²) in [5, 5.41) is 3.42. The van der Waals surface area contributed by atoms with Gasteiger partial charge in [-0.1, -0.05) is 30.3 Å². The van der Waals surface area contributed by atoms with Gasteiger partial charge in [-0.05, 0) is 92.9 Å². The second-order valence-corrected chi connectivity index (χ2v) is 11.2. The number of nitrogens with one attached hydrogen (secondary N) is 1. The van der Waals surface area contributed by atoms with Gasteiger partial charge in [0.25, 0.3) is 0 Å². The Balaban J connectivity index is 1.40. The first-order valence-electron chi connectivity index (χ1n) is 12.3. The van der Waals surface area contributed by atoms with E-state index in [4.69, 9.17) is 5.73 Å². The van der Waals surface area contributed by atoms with Crippen LogP contribution in [0.4, 0.5) is 8.78 Å². The summed E-state index contributed by atoms with van der Waals surface area (Å²) in [5.74, 6) is 1.34. The van der Waals surface area contributed by atoms with Crippen molar-refractivity contribution in [1.29, 1.82) is 0 Å². The monoisotopic (exact) mass is 430 g/mol. The zero-order valence-electron chi connectivity index (χ0n) is 18.4. The lowest BCUT2D eigenvalue weighted by Crippen LogP contribution is -2.62. The second kappa shape index (κ2) is 8.13. The van der Waals surface area contributed by atoms with E-state index >= 15 is 0 Å². The van der Waals surface area contributed by atoms with Crippen LogP contribution in [0.3, 0.4) is 0 Å². The molecule has 5 heteroatoms. The van der Waals surface area contributed by atoms with Crippen molar-refractivity contribution in [1.82, 2.24) is 5.32 Å². The van der Waals surface area contributed by atoms with E-state index in [1.165, 1.54) is 5.56 Å². The molecule has 3 N–H and O–H groups in total. The fourth-order valence-electron chi connectivity index (χ4n) is 8.03. The molecule has 0 spiro atoms. The third-order valence-corrected chi connectivity index (χ3v) is 9.19. The Hall–Kier alpha value is -1.49. The van der Waals surface area contributed by atoms with Crippen LogP contribution in [-0.4, -0.2) is 24.4 Å². The largest absolute Gasteiger partial charge is 0.353 e. The Kier molecular flexibility index (Phi) is 5.60. The van der Waals surface area contributed by atoms with Crippen molar-refractivity contribution in [3.8, 4) is 0 Å².